The van der Waals surface area contributed by atoms with Crippen molar-refractivity contribution in [1.82, 2.24) is 5.43 Å². The number of carbonyl (C=O) groups is 1. The zero-order valence-electron chi connectivity index (χ0n) is 11.8. The SMILES string of the molecule is COc1ccc(Cl)cc1C(=O)NN=CC1CC2C=CC1C2. The summed E-state index contributed by atoms with van der Waals surface area (Å²) in [6, 6.07) is 4.93. The van der Waals surface area contributed by atoms with E-state index in [1.54, 1.807) is 18.2 Å². The van der Waals surface area contributed by atoms with E-state index in [0.29, 0.717) is 34.1 Å². The lowest BCUT2D eigenvalue weighted by molar-refractivity contribution is 0.0952. The second kappa shape index (κ2) is 5.90. The Morgan fingerprint density at radius 2 is 2.29 bits per heavy atom. The summed E-state index contributed by atoms with van der Waals surface area (Å²) in [5.74, 6) is 1.87. The number of fused-ring (bicyclic) bond motifs is 2. The smallest absolute Gasteiger partial charge is 0.275 e. The topological polar surface area (TPSA) is 50.7 Å². The molecule has 0 spiro atoms. The lowest BCUT2D eigenvalue weighted by Gasteiger charge is -2.12. The number of methoxy groups -OCH3 is 1. The second-order valence-corrected chi connectivity index (χ2v) is 5.94. The van der Waals surface area contributed by atoms with Crippen molar-refractivity contribution in [3.8, 4) is 5.75 Å². The molecule has 0 aliphatic heterocycles. The Morgan fingerprint density at radius 3 is 2.95 bits per heavy atom. The number of nitrogens with one attached hydrogen (secondary N) is 1. The molecule has 21 heavy (non-hydrogen) atoms. The fourth-order valence-electron chi connectivity index (χ4n) is 3.10. The van der Waals surface area contributed by atoms with Crippen LogP contribution >= 0.6 is 11.6 Å². The first-order chi connectivity index (χ1) is 10.2. The van der Waals surface area contributed by atoms with Crippen LogP contribution in [0.5, 0.6) is 5.75 Å². The van der Waals surface area contributed by atoms with Gasteiger partial charge in [0, 0.05) is 17.2 Å². The van der Waals surface area contributed by atoms with Crippen molar-refractivity contribution >= 4 is 23.7 Å². The van der Waals surface area contributed by atoms with Gasteiger partial charge < -0.3 is 4.74 Å². The highest BCUT2D eigenvalue weighted by Gasteiger charge is 2.34. The molecule has 0 radical (unpaired) electrons. The number of nitrogens with zero attached hydrogens (tertiary/aromatic N) is 1. The van der Waals surface area contributed by atoms with Crippen LogP contribution in [0, 0.1) is 17.8 Å². The highest BCUT2D eigenvalue weighted by Crippen LogP contribution is 2.42. The highest BCUT2D eigenvalue weighted by atomic mass is 35.5. The molecule has 1 aromatic carbocycles. The Morgan fingerprint density at radius 1 is 1.43 bits per heavy atom. The van der Waals surface area contributed by atoms with Crippen molar-refractivity contribution in [2.45, 2.75) is 12.8 Å². The van der Waals surface area contributed by atoms with Crippen LogP contribution < -0.4 is 10.2 Å². The van der Waals surface area contributed by atoms with E-state index in [9.17, 15) is 4.79 Å². The van der Waals surface area contributed by atoms with Crippen LogP contribution in [0.4, 0.5) is 0 Å². The first-order valence-corrected chi connectivity index (χ1v) is 7.40. The van der Waals surface area contributed by atoms with Crippen molar-refractivity contribution < 1.29 is 9.53 Å². The lowest BCUT2D eigenvalue weighted by atomic mass is 9.95. The minimum Gasteiger partial charge on any atom is -0.496 e. The van der Waals surface area contributed by atoms with Crippen LogP contribution in [0.15, 0.2) is 35.5 Å². The fraction of sp³-hybridized carbons (Fsp3) is 0.375. The molecule has 3 atom stereocenters. The average molecular weight is 305 g/mol. The van der Waals surface area contributed by atoms with Crippen LogP contribution in [0.25, 0.3) is 0 Å². The van der Waals surface area contributed by atoms with Gasteiger partial charge in [-0.1, -0.05) is 23.8 Å². The molecule has 3 rings (SSSR count). The van der Waals surface area contributed by atoms with Crippen molar-refractivity contribution in [3.63, 3.8) is 0 Å². The first kappa shape index (κ1) is 14.1. The van der Waals surface area contributed by atoms with Crippen molar-refractivity contribution in [3.05, 3.63) is 40.9 Å². The van der Waals surface area contributed by atoms with Gasteiger partial charge in [0.15, 0.2) is 0 Å². The molecule has 1 aromatic rings. The zero-order valence-corrected chi connectivity index (χ0v) is 12.5. The molecule has 1 amide bonds. The molecule has 4 nitrogen and oxygen atoms in total. The predicted molar refractivity (Wildman–Crippen MR) is 82.8 cm³/mol. The van der Waals surface area contributed by atoms with Crippen LogP contribution in [-0.2, 0) is 0 Å². The van der Waals surface area contributed by atoms with Crippen LogP contribution in [0.1, 0.15) is 23.2 Å². The number of allylic oxidation sites excluding steroid dienone is 2. The third-order valence-electron chi connectivity index (χ3n) is 4.17. The molecule has 1 N–H and O–H groups in total. The summed E-state index contributed by atoms with van der Waals surface area (Å²) in [5.41, 5.74) is 2.94. The summed E-state index contributed by atoms with van der Waals surface area (Å²) in [6.07, 6.45) is 8.73. The lowest BCUT2D eigenvalue weighted by Crippen LogP contribution is -2.20. The third kappa shape index (κ3) is 2.95. The van der Waals surface area contributed by atoms with E-state index in [0.717, 1.165) is 6.42 Å². The molecule has 110 valence electrons. The van der Waals surface area contributed by atoms with E-state index in [1.807, 2.05) is 6.21 Å². The predicted octanol–water partition coefficient (Wildman–Crippen LogP) is 3.28. The van der Waals surface area contributed by atoms with Gasteiger partial charge in [-0.25, -0.2) is 5.43 Å². The number of hydrogen-bond donors (Lipinski definition) is 1. The van der Waals surface area contributed by atoms with Gasteiger partial charge in [0.05, 0.1) is 12.7 Å². The average Bonchev–Trinajstić information content (AvgIpc) is 3.09. The quantitative estimate of drug-likeness (QED) is 0.527. The van der Waals surface area contributed by atoms with Crippen molar-refractivity contribution in [1.29, 1.82) is 0 Å². The monoisotopic (exact) mass is 304 g/mol. The van der Waals surface area contributed by atoms with Gasteiger partial charge in [-0.3, -0.25) is 4.79 Å². The minimum absolute atomic E-state index is 0.315. The van der Waals surface area contributed by atoms with E-state index in [2.05, 4.69) is 22.7 Å². The van der Waals surface area contributed by atoms with Gasteiger partial charge in [-0.15, -0.1) is 0 Å². The van der Waals surface area contributed by atoms with Gasteiger partial charge >= 0.3 is 0 Å². The molecule has 0 aromatic heterocycles. The van der Waals surface area contributed by atoms with Crippen LogP contribution in [0.3, 0.4) is 0 Å². The number of amides is 1. The van der Waals surface area contributed by atoms with E-state index in [-0.39, 0.29) is 5.91 Å². The van der Waals surface area contributed by atoms with Gasteiger partial charge in [0.2, 0.25) is 0 Å². The number of ether oxygens (including phenoxy) is 1. The van der Waals surface area contributed by atoms with E-state index >= 15 is 0 Å². The first-order valence-electron chi connectivity index (χ1n) is 7.02. The Hall–Kier alpha value is -1.81. The van der Waals surface area contributed by atoms with E-state index in [4.69, 9.17) is 16.3 Å². The van der Waals surface area contributed by atoms with Crippen LogP contribution in [0.2, 0.25) is 5.02 Å². The molecule has 2 bridgehead atoms. The maximum atomic E-state index is 12.1. The van der Waals surface area contributed by atoms with E-state index < -0.39 is 0 Å². The summed E-state index contributed by atoms with van der Waals surface area (Å²) >= 11 is 5.92. The van der Waals surface area contributed by atoms with Gasteiger partial charge in [0.1, 0.15) is 5.75 Å². The van der Waals surface area contributed by atoms with Gasteiger partial charge in [-0.05, 0) is 42.9 Å². The largest absolute Gasteiger partial charge is 0.496 e. The fourth-order valence-corrected chi connectivity index (χ4v) is 3.28. The summed E-state index contributed by atoms with van der Waals surface area (Å²) in [6.45, 7) is 0. The van der Waals surface area contributed by atoms with Gasteiger partial charge in [0.25, 0.3) is 5.91 Å². The van der Waals surface area contributed by atoms with Crippen molar-refractivity contribution in [2.75, 3.05) is 7.11 Å². The molecule has 3 unspecified atom stereocenters. The van der Waals surface area contributed by atoms with Gasteiger partial charge in [-0.2, -0.15) is 5.10 Å². The highest BCUT2D eigenvalue weighted by molar-refractivity contribution is 6.31. The molecule has 0 saturated heterocycles. The number of carbonyl (C=O) groups excluding carboxylic acids is 1. The summed E-state index contributed by atoms with van der Waals surface area (Å²) < 4.78 is 5.16. The molecule has 0 heterocycles. The summed E-state index contributed by atoms with van der Waals surface area (Å²) in [7, 11) is 1.52. The maximum Gasteiger partial charge on any atom is 0.275 e. The molecular formula is C16H17ClN2O2. The number of hydrazone groups is 1. The molecular weight excluding hydrogens is 288 g/mol. The summed E-state index contributed by atoms with van der Waals surface area (Å²) in [5, 5.41) is 4.59. The Bertz CT molecular complexity index is 612. The maximum absolute atomic E-state index is 12.1. The second-order valence-electron chi connectivity index (χ2n) is 5.51. The number of hydrogen-bond acceptors (Lipinski definition) is 3. The number of benzene rings is 1. The Balaban J connectivity index is 1.64. The molecule has 2 aliphatic rings. The third-order valence-corrected chi connectivity index (χ3v) is 4.40. The molecule has 2 aliphatic carbocycles. The standard InChI is InChI=1S/C16H17ClN2O2/c1-21-15-5-4-13(17)8-14(15)16(20)19-18-9-12-7-10-2-3-11(12)6-10/h2-5,8-12H,6-7H2,1H3,(H,19,20). The Kier molecular flexibility index (Phi) is 3.97. The molecule has 1 fully saturated rings. The number of halogens is 1. The molecule has 1 saturated carbocycles. The zero-order chi connectivity index (χ0) is 14.8. The number of rotatable bonds is 4. The minimum atomic E-state index is -0.315. The summed E-state index contributed by atoms with van der Waals surface area (Å²) in [4.78, 5) is 12.1. The Labute approximate surface area is 128 Å². The van der Waals surface area contributed by atoms with E-state index in [1.165, 1.54) is 13.5 Å². The normalized spacial score (nSPS) is 26.5. The van der Waals surface area contributed by atoms with Crippen molar-refractivity contribution in [2.24, 2.45) is 22.9 Å². The molecule has 5 heteroatoms. The van der Waals surface area contributed by atoms with Crippen LogP contribution in [-0.4, -0.2) is 19.2 Å².